The van der Waals surface area contributed by atoms with Gasteiger partial charge in [-0.05, 0) is 69.8 Å². The summed E-state index contributed by atoms with van der Waals surface area (Å²) in [7, 11) is 0. The van der Waals surface area contributed by atoms with E-state index in [-0.39, 0.29) is 17.6 Å². The summed E-state index contributed by atoms with van der Waals surface area (Å²) in [4.78, 5) is 0. The van der Waals surface area contributed by atoms with Gasteiger partial charge in [0.2, 0.25) is 0 Å². The Hall–Kier alpha value is -0.540. The Balaban J connectivity index is 1.63. The fourth-order valence-corrected chi connectivity index (χ4v) is 4.74. The number of hydrogen-bond acceptors (Lipinski definition) is 3. The fourth-order valence-electron chi connectivity index (χ4n) is 4.74. The van der Waals surface area contributed by atoms with E-state index in [1.54, 1.807) is 0 Å². The molecule has 5 atom stereocenters. The molecule has 0 aromatic rings. The maximum atomic E-state index is 10.3. The van der Waals surface area contributed by atoms with Crippen LogP contribution in [0, 0.1) is 11.3 Å². The molecule has 3 heteroatoms. The highest BCUT2D eigenvalue weighted by atomic mass is 16.5. The van der Waals surface area contributed by atoms with E-state index >= 15 is 0 Å². The van der Waals surface area contributed by atoms with Crippen molar-refractivity contribution in [3.63, 3.8) is 0 Å². The Morgan fingerprint density at radius 3 is 2.86 bits per heavy atom. The maximum absolute atomic E-state index is 10.3. The second-order valence-corrected chi connectivity index (χ2v) is 7.66. The molecule has 0 bridgehead atoms. The second-order valence-electron chi connectivity index (χ2n) is 7.66. The molecular formula is C18H30O3. The lowest BCUT2D eigenvalue weighted by molar-refractivity contribution is 0.00382. The summed E-state index contributed by atoms with van der Waals surface area (Å²) in [5.74, 6) is 1.80. The van der Waals surface area contributed by atoms with Crippen LogP contribution in [0.1, 0.15) is 71.6 Å². The molecule has 21 heavy (non-hydrogen) atoms. The summed E-state index contributed by atoms with van der Waals surface area (Å²) in [6.07, 6.45) is 9.43. The van der Waals surface area contributed by atoms with Crippen LogP contribution in [0.3, 0.4) is 0 Å². The number of ether oxygens (including phenoxy) is 1. The first kappa shape index (κ1) is 15.4. The topological polar surface area (TPSA) is 49.7 Å². The third-order valence-corrected chi connectivity index (χ3v) is 6.15. The molecule has 0 spiro atoms. The number of allylic oxidation sites excluding steroid dienone is 2. The predicted octanol–water partition coefficient (Wildman–Crippen LogP) is 3.54. The van der Waals surface area contributed by atoms with Crippen molar-refractivity contribution >= 4 is 0 Å². The van der Waals surface area contributed by atoms with Gasteiger partial charge in [0.1, 0.15) is 0 Å². The molecule has 3 unspecified atom stereocenters. The fraction of sp³-hybridized carbons (Fsp3) is 0.889. The highest BCUT2D eigenvalue weighted by molar-refractivity contribution is 5.25. The van der Waals surface area contributed by atoms with E-state index in [0.29, 0.717) is 12.0 Å². The zero-order valence-electron chi connectivity index (χ0n) is 13.5. The van der Waals surface area contributed by atoms with Gasteiger partial charge in [-0.2, -0.15) is 0 Å². The SMILES string of the molecule is CC(O)CCCC1CCC2=C(CC[C@@]3(C)C(O)CC[C@H]23)O1. The largest absolute Gasteiger partial charge is 0.495 e. The molecule has 120 valence electrons. The quantitative estimate of drug-likeness (QED) is 0.834. The zero-order chi connectivity index (χ0) is 15.0. The van der Waals surface area contributed by atoms with Gasteiger partial charge in [0.25, 0.3) is 0 Å². The highest BCUT2D eigenvalue weighted by Crippen LogP contribution is 2.56. The molecule has 1 fully saturated rings. The first-order chi connectivity index (χ1) is 10.0. The average Bonchev–Trinajstić information content (AvgIpc) is 2.75. The molecule has 0 aromatic carbocycles. The van der Waals surface area contributed by atoms with Crippen molar-refractivity contribution in [1.82, 2.24) is 0 Å². The van der Waals surface area contributed by atoms with Gasteiger partial charge in [-0.15, -0.1) is 0 Å². The van der Waals surface area contributed by atoms with E-state index < -0.39 is 0 Å². The predicted molar refractivity (Wildman–Crippen MR) is 82.7 cm³/mol. The molecule has 0 amide bonds. The molecule has 2 aliphatic carbocycles. The molecule has 0 saturated heterocycles. The number of fused-ring (bicyclic) bond motifs is 2. The average molecular weight is 294 g/mol. The summed E-state index contributed by atoms with van der Waals surface area (Å²) in [6, 6.07) is 0. The van der Waals surface area contributed by atoms with Crippen LogP contribution in [-0.4, -0.2) is 28.5 Å². The molecule has 3 nitrogen and oxygen atoms in total. The van der Waals surface area contributed by atoms with Gasteiger partial charge in [-0.25, -0.2) is 0 Å². The van der Waals surface area contributed by atoms with Crippen molar-refractivity contribution in [3.05, 3.63) is 11.3 Å². The number of hydrogen-bond donors (Lipinski definition) is 2. The maximum Gasteiger partial charge on any atom is 0.0985 e. The van der Waals surface area contributed by atoms with Crippen LogP contribution in [-0.2, 0) is 4.74 Å². The Bertz CT molecular complexity index is 415. The summed E-state index contributed by atoms with van der Waals surface area (Å²) in [6.45, 7) is 4.13. The Morgan fingerprint density at radius 1 is 1.29 bits per heavy atom. The van der Waals surface area contributed by atoms with Crippen molar-refractivity contribution in [2.75, 3.05) is 0 Å². The molecular weight excluding hydrogens is 264 g/mol. The van der Waals surface area contributed by atoms with Gasteiger partial charge in [-0.3, -0.25) is 0 Å². The highest BCUT2D eigenvalue weighted by Gasteiger charge is 2.50. The van der Waals surface area contributed by atoms with Crippen molar-refractivity contribution in [2.45, 2.75) is 89.9 Å². The standard InChI is InChI=1S/C18H30O3/c1-12(19)4-3-5-13-6-7-14-15-8-9-17(20)18(15,2)11-10-16(14)21-13/h12-13,15,17,19-20H,3-11H2,1-2H3/t12?,13?,15-,17?,18-/m1/s1. The number of aliphatic hydroxyl groups is 2. The monoisotopic (exact) mass is 294 g/mol. The Kier molecular flexibility index (Phi) is 4.33. The Morgan fingerprint density at radius 2 is 2.10 bits per heavy atom. The molecule has 2 N–H and O–H groups in total. The van der Waals surface area contributed by atoms with Gasteiger partial charge in [-0.1, -0.05) is 6.92 Å². The minimum absolute atomic E-state index is 0.0986. The summed E-state index contributed by atoms with van der Waals surface area (Å²) < 4.78 is 6.28. The summed E-state index contributed by atoms with van der Waals surface area (Å²) >= 11 is 0. The normalized spacial score (nSPS) is 40.5. The van der Waals surface area contributed by atoms with E-state index in [0.717, 1.165) is 57.8 Å². The van der Waals surface area contributed by atoms with Crippen LogP contribution in [0.15, 0.2) is 11.3 Å². The van der Waals surface area contributed by atoms with Crippen LogP contribution in [0.4, 0.5) is 0 Å². The first-order valence-corrected chi connectivity index (χ1v) is 8.75. The van der Waals surface area contributed by atoms with Gasteiger partial charge in [0.05, 0.1) is 24.1 Å². The van der Waals surface area contributed by atoms with Crippen molar-refractivity contribution in [2.24, 2.45) is 11.3 Å². The van der Waals surface area contributed by atoms with Crippen LogP contribution in [0.5, 0.6) is 0 Å². The minimum atomic E-state index is -0.196. The zero-order valence-corrected chi connectivity index (χ0v) is 13.5. The van der Waals surface area contributed by atoms with Gasteiger partial charge in [0, 0.05) is 11.8 Å². The van der Waals surface area contributed by atoms with E-state index in [9.17, 15) is 10.2 Å². The van der Waals surface area contributed by atoms with E-state index in [4.69, 9.17) is 4.74 Å². The van der Waals surface area contributed by atoms with Crippen LogP contribution in [0.25, 0.3) is 0 Å². The lowest BCUT2D eigenvalue weighted by Crippen LogP contribution is -2.38. The van der Waals surface area contributed by atoms with Crippen LogP contribution >= 0.6 is 0 Å². The minimum Gasteiger partial charge on any atom is -0.495 e. The molecule has 3 aliphatic rings. The summed E-state index contributed by atoms with van der Waals surface area (Å²) in [5, 5.41) is 19.7. The number of aliphatic hydroxyl groups excluding tert-OH is 2. The third-order valence-electron chi connectivity index (χ3n) is 6.15. The molecule has 1 saturated carbocycles. The van der Waals surface area contributed by atoms with Gasteiger partial charge >= 0.3 is 0 Å². The molecule has 1 heterocycles. The van der Waals surface area contributed by atoms with Crippen LogP contribution in [0.2, 0.25) is 0 Å². The Labute approximate surface area is 128 Å². The van der Waals surface area contributed by atoms with Crippen LogP contribution < -0.4 is 0 Å². The molecule has 3 rings (SSSR count). The van der Waals surface area contributed by atoms with Crippen molar-refractivity contribution in [1.29, 1.82) is 0 Å². The lowest BCUT2D eigenvalue weighted by Gasteiger charge is -2.44. The second kappa shape index (κ2) is 5.92. The molecule has 0 aromatic heterocycles. The molecule has 1 aliphatic heterocycles. The van der Waals surface area contributed by atoms with Gasteiger partial charge in [0.15, 0.2) is 0 Å². The van der Waals surface area contributed by atoms with Gasteiger partial charge < -0.3 is 14.9 Å². The number of rotatable bonds is 4. The van der Waals surface area contributed by atoms with E-state index in [1.165, 1.54) is 11.3 Å². The summed E-state index contributed by atoms with van der Waals surface area (Å²) in [5.41, 5.74) is 1.62. The first-order valence-electron chi connectivity index (χ1n) is 8.75. The van der Waals surface area contributed by atoms with E-state index in [2.05, 4.69) is 6.92 Å². The lowest BCUT2D eigenvalue weighted by atomic mass is 9.66. The smallest absolute Gasteiger partial charge is 0.0985 e. The molecule has 0 radical (unpaired) electrons. The third kappa shape index (κ3) is 2.87. The van der Waals surface area contributed by atoms with Crippen molar-refractivity contribution in [3.8, 4) is 0 Å². The van der Waals surface area contributed by atoms with E-state index in [1.807, 2.05) is 6.92 Å². The van der Waals surface area contributed by atoms with Crippen molar-refractivity contribution < 1.29 is 14.9 Å².